The van der Waals surface area contributed by atoms with Gasteiger partial charge in [-0.15, -0.1) is 0 Å². The highest BCUT2D eigenvalue weighted by Gasteiger charge is 2.12. The maximum absolute atomic E-state index is 10.1. The van der Waals surface area contributed by atoms with E-state index in [9.17, 15) is 10.0 Å². The van der Waals surface area contributed by atoms with Gasteiger partial charge in [-0.05, 0) is 6.07 Å². The zero-order chi connectivity index (χ0) is 11.4. The van der Waals surface area contributed by atoms with Crippen LogP contribution in [0.25, 0.3) is 0 Å². The van der Waals surface area contributed by atoms with Crippen LogP contribution < -0.4 is 4.90 Å². The monoisotopic (exact) mass is 222 g/mol. The number of ether oxygens (including phenoxy) is 1. The number of rotatable bonds is 3. The van der Waals surface area contributed by atoms with Crippen molar-refractivity contribution in [2.75, 3.05) is 31.2 Å². The van der Waals surface area contributed by atoms with Crippen LogP contribution in [-0.4, -0.2) is 31.4 Å². The molecule has 1 aliphatic rings. The number of benzene rings is 1. The molecule has 1 heterocycles. The second-order valence-electron chi connectivity index (χ2n) is 3.70. The Labute approximate surface area is 93.6 Å². The second kappa shape index (κ2) is 4.94. The lowest BCUT2D eigenvalue weighted by Crippen LogP contribution is -2.36. The molecule has 0 spiro atoms. The minimum absolute atomic E-state index is 0.00915. The zero-order valence-corrected chi connectivity index (χ0v) is 8.93. The summed E-state index contributed by atoms with van der Waals surface area (Å²) < 4.78 is 5.25. The lowest BCUT2D eigenvalue weighted by atomic mass is 10.1. The highest BCUT2D eigenvalue weighted by Crippen LogP contribution is 2.25. The Morgan fingerprint density at radius 1 is 1.38 bits per heavy atom. The first-order chi connectivity index (χ1) is 7.81. The van der Waals surface area contributed by atoms with E-state index in [-0.39, 0.29) is 12.3 Å². The van der Waals surface area contributed by atoms with Gasteiger partial charge in [0, 0.05) is 30.4 Å². The smallest absolute Gasteiger partial charge is 0.122 e. The highest BCUT2D eigenvalue weighted by molar-refractivity contribution is 5.53. The highest BCUT2D eigenvalue weighted by atomic mass is 16.5. The molecular weight excluding hydrogens is 208 g/mol. The van der Waals surface area contributed by atoms with E-state index >= 15 is 0 Å². The third-order valence-electron chi connectivity index (χ3n) is 2.68. The van der Waals surface area contributed by atoms with Gasteiger partial charge < -0.3 is 14.7 Å². The molecular formula is C11H14N2O3. The fourth-order valence-electron chi connectivity index (χ4n) is 1.77. The molecule has 0 atom stereocenters. The molecule has 2 rings (SSSR count). The van der Waals surface area contributed by atoms with Gasteiger partial charge in [0.05, 0.1) is 13.2 Å². The van der Waals surface area contributed by atoms with Crippen molar-refractivity contribution in [3.8, 4) is 5.75 Å². The first-order valence-electron chi connectivity index (χ1n) is 5.25. The van der Waals surface area contributed by atoms with Crippen LogP contribution in [0.5, 0.6) is 5.75 Å². The number of nitroso groups, excluding NO2 is 1. The number of aromatic hydroxyl groups is 1. The van der Waals surface area contributed by atoms with Crippen molar-refractivity contribution < 1.29 is 9.84 Å². The molecule has 0 amide bonds. The summed E-state index contributed by atoms with van der Waals surface area (Å²) in [5.41, 5.74) is 1.52. The van der Waals surface area contributed by atoms with Crippen molar-refractivity contribution in [3.05, 3.63) is 28.7 Å². The van der Waals surface area contributed by atoms with Crippen LogP contribution in [0.3, 0.4) is 0 Å². The van der Waals surface area contributed by atoms with Crippen molar-refractivity contribution >= 4 is 5.69 Å². The van der Waals surface area contributed by atoms with Gasteiger partial charge in [-0.3, -0.25) is 0 Å². The molecule has 0 unspecified atom stereocenters. The molecule has 1 fully saturated rings. The van der Waals surface area contributed by atoms with E-state index in [0.717, 1.165) is 18.8 Å². The maximum atomic E-state index is 10.1. The van der Waals surface area contributed by atoms with E-state index in [1.165, 1.54) is 0 Å². The van der Waals surface area contributed by atoms with Crippen LogP contribution in [0.15, 0.2) is 23.4 Å². The van der Waals surface area contributed by atoms with E-state index in [2.05, 4.69) is 10.1 Å². The van der Waals surface area contributed by atoms with Gasteiger partial charge in [-0.1, -0.05) is 11.2 Å². The number of nitrogens with zero attached hydrogens (tertiary/aromatic N) is 2. The molecule has 0 radical (unpaired) electrons. The normalized spacial score (nSPS) is 16.1. The summed E-state index contributed by atoms with van der Waals surface area (Å²) in [6.45, 7) is 3.07. The third kappa shape index (κ3) is 2.30. The minimum Gasteiger partial charge on any atom is -0.508 e. The Morgan fingerprint density at radius 3 is 2.75 bits per heavy atom. The number of hydrogen-bond acceptors (Lipinski definition) is 5. The SMILES string of the molecule is O=NCc1ccc(N2CCOCC2)cc1O. The molecule has 0 aromatic heterocycles. The molecule has 1 aromatic rings. The average Bonchev–Trinajstić information content (AvgIpc) is 2.33. The van der Waals surface area contributed by atoms with E-state index < -0.39 is 0 Å². The molecule has 5 heteroatoms. The quantitative estimate of drug-likeness (QED) is 0.787. The molecule has 1 saturated heterocycles. The fourth-order valence-corrected chi connectivity index (χ4v) is 1.77. The van der Waals surface area contributed by atoms with Gasteiger partial charge >= 0.3 is 0 Å². The van der Waals surface area contributed by atoms with E-state index in [4.69, 9.17) is 4.74 Å². The lowest BCUT2D eigenvalue weighted by molar-refractivity contribution is 0.122. The Balaban J connectivity index is 2.16. The van der Waals surface area contributed by atoms with Crippen LogP contribution in [0.1, 0.15) is 5.56 Å². The van der Waals surface area contributed by atoms with Crippen molar-refractivity contribution in [1.29, 1.82) is 0 Å². The van der Waals surface area contributed by atoms with Crippen molar-refractivity contribution in [3.63, 3.8) is 0 Å². The van der Waals surface area contributed by atoms with Crippen molar-refractivity contribution in [2.24, 2.45) is 5.18 Å². The average molecular weight is 222 g/mol. The standard InChI is InChI=1S/C11H14N2O3/c14-11-7-10(2-1-9(11)8-12-15)13-3-5-16-6-4-13/h1-2,7,14H,3-6,8H2. The Bertz CT molecular complexity index is 375. The zero-order valence-electron chi connectivity index (χ0n) is 8.93. The van der Waals surface area contributed by atoms with Crippen LogP contribution in [0, 0.1) is 4.91 Å². The first-order valence-corrected chi connectivity index (χ1v) is 5.25. The van der Waals surface area contributed by atoms with Crippen LogP contribution in [-0.2, 0) is 11.3 Å². The van der Waals surface area contributed by atoms with Crippen LogP contribution in [0.4, 0.5) is 5.69 Å². The molecule has 86 valence electrons. The lowest BCUT2D eigenvalue weighted by Gasteiger charge is -2.29. The molecule has 16 heavy (non-hydrogen) atoms. The van der Waals surface area contributed by atoms with Gasteiger partial charge in [0.2, 0.25) is 0 Å². The van der Waals surface area contributed by atoms with Gasteiger partial charge in [-0.2, -0.15) is 4.91 Å². The summed E-state index contributed by atoms with van der Waals surface area (Å²) in [5, 5.41) is 12.5. The summed E-state index contributed by atoms with van der Waals surface area (Å²) >= 11 is 0. The largest absolute Gasteiger partial charge is 0.508 e. The van der Waals surface area contributed by atoms with Gasteiger partial charge in [0.1, 0.15) is 12.3 Å². The predicted octanol–water partition coefficient (Wildman–Crippen LogP) is 1.50. The molecule has 0 bridgehead atoms. The maximum Gasteiger partial charge on any atom is 0.122 e. The fraction of sp³-hybridized carbons (Fsp3) is 0.455. The summed E-state index contributed by atoms with van der Waals surface area (Å²) in [5.74, 6) is 0.128. The number of anilines is 1. The molecule has 5 nitrogen and oxygen atoms in total. The van der Waals surface area contributed by atoms with E-state index in [1.54, 1.807) is 12.1 Å². The third-order valence-corrected chi connectivity index (χ3v) is 2.68. The predicted molar refractivity (Wildman–Crippen MR) is 60.6 cm³/mol. The Morgan fingerprint density at radius 2 is 2.12 bits per heavy atom. The summed E-state index contributed by atoms with van der Waals surface area (Å²) in [7, 11) is 0. The summed E-state index contributed by atoms with van der Waals surface area (Å²) in [6, 6.07) is 5.30. The van der Waals surface area contributed by atoms with Crippen molar-refractivity contribution in [2.45, 2.75) is 6.54 Å². The van der Waals surface area contributed by atoms with Crippen LogP contribution in [0.2, 0.25) is 0 Å². The number of phenolic OH excluding ortho intramolecular Hbond substituents is 1. The molecule has 1 aliphatic heterocycles. The van der Waals surface area contributed by atoms with Crippen molar-refractivity contribution in [1.82, 2.24) is 0 Å². The van der Waals surface area contributed by atoms with Crippen LogP contribution >= 0.6 is 0 Å². The summed E-state index contributed by atoms with van der Waals surface area (Å²) in [4.78, 5) is 12.3. The minimum atomic E-state index is 0.00915. The molecule has 0 saturated carbocycles. The Kier molecular flexibility index (Phi) is 3.36. The van der Waals surface area contributed by atoms with E-state index in [0.29, 0.717) is 18.8 Å². The second-order valence-corrected chi connectivity index (χ2v) is 3.70. The Hall–Kier alpha value is -1.62. The topological polar surface area (TPSA) is 62.1 Å². The molecule has 1 N–H and O–H groups in total. The van der Waals surface area contributed by atoms with Gasteiger partial charge in [0.15, 0.2) is 0 Å². The van der Waals surface area contributed by atoms with Gasteiger partial charge in [0.25, 0.3) is 0 Å². The first kappa shape index (κ1) is 10.9. The number of phenols is 1. The van der Waals surface area contributed by atoms with Gasteiger partial charge in [-0.25, -0.2) is 0 Å². The number of morpholine rings is 1. The summed E-state index contributed by atoms with van der Waals surface area (Å²) in [6.07, 6.45) is 0. The molecule has 0 aliphatic carbocycles. The number of hydrogen-bond donors (Lipinski definition) is 1. The molecule has 1 aromatic carbocycles. The van der Waals surface area contributed by atoms with E-state index in [1.807, 2.05) is 6.07 Å².